The highest BCUT2D eigenvalue weighted by molar-refractivity contribution is 7.99. The molecule has 1 aromatic rings. The summed E-state index contributed by atoms with van der Waals surface area (Å²) in [7, 11) is 1.34. The fourth-order valence-electron chi connectivity index (χ4n) is 5.99. The number of thioether (sulfide) groups is 1. The number of carbonyl (C=O) groups is 2. The molecule has 29 heavy (non-hydrogen) atoms. The van der Waals surface area contributed by atoms with Gasteiger partial charge in [-0.2, -0.15) is 0 Å². The molecule has 4 aliphatic rings. The number of hydrogen-bond donors (Lipinski definition) is 1. The Balaban J connectivity index is 1.35. The van der Waals surface area contributed by atoms with Crippen LogP contribution in [0.25, 0.3) is 0 Å². The zero-order chi connectivity index (χ0) is 20.6. The zero-order valence-electron chi connectivity index (χ0n) is 17.5. The number of hydrogen-bond acceptors (Lipinski definition) is 7. The third-order valence-electron chi connectivity index (χ3n) is 7.21. The van der Waals surface area contributed by atoms with Crippen LogP contribution in [0.2, 0.25) is 0 Å². The molecule has 1 amide bonds. The topological polar surface area (TPSA) is 94.3 Å². The molecule has 5 rings (SSSR count). The molecular weight excluding hydrogens is 390 g/mol. The summed E-state index contributed by atoms with van der Waals surface area (Å²) in [5.74, 6) is 2.68. The van der Waals surface area contributed by atoms with Crippen molar-refractivity contribution < 1.29 is 18.7 Å². The Bertz CT molecular complexity index is 730. The molecule has 7 nitrogen and oxygen atoms in total. The van der Waals surface area contributed by atoms with Crippen molar-refractivity contribution in [1.29, 1.82) is 0 Å². The standard InChI is InChI=1S/C21H31N3O4S/c1-4-12(2)17(18(26)27-3)22-16(25)11-29-20-24-23-19(28-20)21-8-13-5-14(9-21)7-15(6-13)10-21/h12-15,17H,4-11H2,1-3H3,(H,22,25)/t12-,13?,14?,15?,17-,21?/m1/s1. The van der Waals surface area contributed by atoms with Crippen molar-refractivity contribution in [3.63, 3.8) is 0 Å². The van der Waals surface area contributed by atoms with Crippen molar-refractivity contribution >= 4 is 23.6 Å². The molecule has 4 bridgehead atoms. The number of aromatic nitrogens is 2. The van der Waals surface area contributed by atoms with Crippen LogP contribution in [0.4, 0.5) is 0 Å². The second-order valence-electron chi connectivity index (χ2n) is 9.31. The lowest BCUT2D eigenvalue weighted by Crippen LogP contribution is -2.48. The highest BCUT2D eigenvalue weighted by Gasteiger charge is 2.54. The van der Waals surface area contributed by atoms with Gasteiger partial charge >= 0.3 is 5.97 Å². The summed E-state index contributed by atoms with van der Waals surface area (Å²) < 4.78 is 10.8. The van der Waals surface area contributed by atoms with Crippen LogP contribution in [-0.2, 0) is 19.7 Å². The minimum absolute atomic E-state index is 0.00231. The van der Waals surface area contributed by atoms with E-state index >= 15 is 0 Å². The number of esters is 1. The number of nitrogens with one attached hydrogen (secondary N) is 1. The maximum atomic E-state index is 12.4. The van der Waals surface area contributed by atoms with E-state index in [0.29, 0.717) is 5.22 Å². The van der Waals surface area contributed by atoms with Crippen LogP contribution in [0.1, 0.15) is 64.7 Å². The third kappa shape index (κ3) is 4.18. The largest absolute Gasteiger partial charge is 0.467 e. The molecule has 1 heterocycles. The maximum Gasteiger partial charge on any atom is 0.328 e. The lowest BCUT2D eigenvalue weighted by molar-refractivity contribution is -0.146. The summed E-state index contributed by atoms with van der Waals surface area (Å²) in [5, 5.41) is 11.8. The Labute approximate surface area is 176 Å². The van der Waals surface area contributed by atoms with Crippen LogP contribution in [0.5, 0.6) is 0 Å². The van der Waals surface area contributed by atoms with Crippen LogP contribution in [0, 0.1) is 23.7 Å². The summed E-state index contributed by atoms with van der Waals surface area (Å²) >= 11 is 1.23. The van der Waals surface area contributed by atoms with E-state index < -0.39 is 12.0 Å². The average Bonchev–Trinajstić information content (AvgIpc) is 3.18. The van der Waals surface area contributed by atoms with Gasteiger partial charge in [-0.15, -0.1) is 10.2 Å². The van der Waals surface area contributed by atoms with Crippen LogP contribution < -0.4 is 5.32 Å². The predicted molar refractivity (Wildman–Crippen MR) is 108 cm³/mol. The minimum atomic E-state index is -0.636. The lowest BCUT2D eigenvalue weighted by Gasteiger charge is -2.55. The first-order chi connectivity index (χ1) is 13.9. The molecule has 1 N–H and O–H groups in total. The molecule has 0 aliphatic heterocycles. The van der Waals surface area contributed by atoms with Crippen LogP contribution >= 0.6 is 11.8 Å². The van der Waals surface area contributed by atoms with Gasteiger partial charge in [0.25, 0.3) is 5.22 Å². The van der Waals surface area contributed by atoms with E-state index in [1.807, 2.05) is 13.8 Å². The van der Waals surface area contributed by atoms with Crippen molar-refractivity contribution in [2.45, 2.75) is 75.5 Å². The van der Waals surface area contributed by atoms with Gasteiger partial charge in [-0.3, -0.25) is 4.79 Å². The molecule has 1 aromatic heterocycles. The van der Waals surface area contributed by atoms with Crippen molar-refractivity contribution in [1.82, 2.24) is 15.5 Å². The Morgan fingerprint density at radius 2 is 1.83 bits per heavy atom. The van der Waals surface area contributed by atoms with Crippen LogP contribution in [-0.4, -0.2) is 41.0 Å². The molecule has 0 aromatic carbocycles. The number of methoxy groups -OCH3 is 1. The highest BCUT2D eigenvalue weighted by atomic mass is 32.2. The Morgan fingerprint density at radius 1 is 1.21 bits per heavy atom. The molecule has 8 heteroatoms. The number of amides is 1. The summed E-state index contributed by atoms with van der Waals surface area (Å²) in [6, 6.07) is -0.636. The second-order valence-corrected chi connectivity index (χ2v) is 10.2. The predicted octanol–water partition coefficient (Wildman–Crippen LogP) is 3.33. The molecule has 160 valence electrons. The maximum absolute atomic E-state index is 12.4. The molecular formula is C21H31N3O4S. The van der Waals surface area contributed by atoms with E-state index in [4.69, 9.17) is 9.15 Å². The molecule has 4 fully saturated rings. The first kappa shape index (κ1) is 20.7. The summed E-state index contributed by atoms with van der Waals surface area (Å²) in [4.78, 5) is 24.3. The van der Waals surface area contributed by atoms with Gasteiger partial charge in [0, 0.05) is 5.41 Å². The van der Waals surface area contributed by atoms with Gasteiger partial charge in [0.1, 0.15) is 6.04 Å². The van der Waals surface area contributed by atoms with E-state index in [2.05, 4.69) is 15.5 Å². The molecule has 0 unspecified atom stereocenters. The van der Waals surface area contributed by atoms with Gasteiger partial charge in [-0.05, 0) is 62.2 Å². The lowest BCUT2D eigenvalue weighted by atomic mass is 9.49. The zero-order valence-corrected chi connectivity index (χ0v) is 18.3. The second kappa shape index (κ2) is 8.28. The molecule has 0 saturated heterocycles. The van der Waals surface area contributed by atoms with E-state index in [1.165, 1.54) is 57.4 Å². The van der Waals surface area contributed by atoms with Crippen LogP contribution in [0.3, 0.4) is 0 Å². The van der Waals surface area contributed by atoms with E-state index in [1.54, 1.807) is 0 Å². The average molecular weight is 422 g/mol. The highest BCUT2D eigenvalue weighted by Crippen LogP contribution is 2.60. The molecule has 4 aliphatic carbocycles. The minimum Gasteiger partial charge on any atom is -0.467 e. The third-order valence-corrected chi connectivity index (χ3v) is 8.03. The quantitative estimate of drug-likeness (QED) is 0.508. The summed E-state index contributed by atoms with van der Waals surface area (Å²) in [6.45, 7) is 3.90. The first-order valence-electron chi connectivity index (χ1n) is 10.8. The van der Waals surface area contributed by atoms with Crippen molar-refractivity contribution in [3.05, 3.63) is 5.89 Å². The van der Waals surface area contributed by atoms with Gasteiger partial charge < -0.3 is 14.5 Å². The number of nitrogens with zero attached hydrogens (tertiary/aromatic N) is 2. The van der Waals surface area contributed by atoms with Crippen LogP contribution in [0.15, 0.2) is 9.64 Å². The monoisotopic (exact) mass is 421 g/mol. The van der Waals surface area contributed by atoms with Crippen molar-refractivity contribution in [2.24, 2.45) is 23.7 Å². The molecule has 0 spiro atoms. The number of rotatable bonds is 8. The summed E-state index contributed by atoms with van der Waals surface area (Å²) in [5.41, 5.74) is 0.0648. The SMILES string of the molecule is CC[C@@H](C)[C@@H](NC(=O)CSc1nnc(C23CC4CC(CC(C4)C2)C3)o1)C(=O)OC. The van der Waals surface area contributed by atoms with Crippen molar-refractivity contribution in [2.75, 3.05) is 12.9 Å². The molecule has 4 saturated carbocycles. The molecule has 2 atom stereocenters. The van der Waals surface area contributed by atoms with E-state index in [0.717, 1.165) is 30.1 Å². The normalized spacial score (nSPS) is 32.0. The van der Waals surface area contributed by atoms with Gasteiger partial charge in [-0.1, -0.05) is 32.0 Å². The fourth-order valence-corrected chi connectivity index (χ4v) is 6.57. The first-order valence-corrected chi connectivity index (χ1v) is 11.7. The molecule has 0 radical (unpaired) electrons. The van der Waals surface area contributed by atoms with Gasteiger partial charge in [0.15, 0.2) is 0 Å². The number of ether oxygens (including phenoxy) is 1. The van der Waals surface area contributed by atoms with Gasteiger partial charge in [-0.25, -0.2) is 4.79 Å². The van der Waals surface area contributed by atoms with Crippen molar-refractivity contribution in [3.8, 4) is 0 Å². The van der Waals surface area contributed by atoms with E-state index in [9.17, 15) is 9.59 Å². The number of carbonyl (C=O) groups excluding carboxylic acids is 2. The smallest absolute Gasteiger partial charge is 0.328 e. The Kier molecular flexibility index (Phi) is 5.91. The van der Waals surface area contributed by atoms with Gasteiger partial charge in [0.05, 0.1) is 12.9 Å². The van der Waals surface area contributed by atoms with Gasteiger partial charge in [0.2, 0.25) is 11.8 Å². The van der Waals surface area contributed by atoms with E-state index in [-0.39, 0.29) is 23.0 Å². The Hall–Kier alpha value is -1.57. The fraction of sp³-hybridized carbons (Fsp3) is 0.810. The summed E-state index contributed by atoms with van der Waals surface area (Å²) in [6.07, 6.45) is 8.38. The Morgan fingerprint density at radius 3 is 2.38 bits per heavy atom.